The summed E-state index contributed by atoms with van der Waals surface area (Å²) < 4.78 is 0.745. The van der Waals surface area contributed by atoms with E-state index in [0.29, 0.717) is 10.5 Å². The number of hydrogen-bond donors (Lipinski definition) is 2. The maximum Gasteiger partial charge on any atom is 0.0503 e. The lowest BCUT2D eigenvalue weighted by molar-refractivity contribution is 0.762. The highest BCUT2D eigenvalue weighted by Crippen LogP contribution is 2.30. The summed E-state index contributed by atoms with van der Waals surface area (Å²) in [4.78, 5) is 0. The lowest BCUT2D eigenvalue weighted by atomic mass is 10.3. The fourth-order valence-corrected chi connectivity index (χ4v) is 4.10. The van der Waals surface area contributed by atoms with Crippen LogP contribution in [0.15, 0.2) is 0 Å². The van der Waals surface area contributed by atoms with E-state index in [0.717, 1.165) is 16.1 Å². The van der Waals surface area contributed by atoms with Gasteiger partial charge >= 0.3 is 0 Å². The summed E-state index contributed by atoms with van der Waals surface area (Å²) in [6.45, 7) is 6.59. The van der Waals surface area contributed by atoms with Gasteiger partial charge in [0.15, 0.2) is 0 Å². The van der Waals surface area contributed by atoms with E-state index < -0.39 is 0 Å². The lowest BCUT2D eigenvalue weighted by Crippen LogP contribution is -2.07. The number of thiol groups is 2. The van der Waals surface area contributed by atoms with Gasteiger partial charge in [0.1, 0.15) is 0 Å². The Hall–Kier alpha value is 1.40. The zero-order valence-corrected chi connectivity index (χ0v) is 13.4. The predicted molar refractivity (Wildman–Crippen MR) is 85.1 cm³/mol. The molecule has 0 nitrogen and oxygen atoms in total. The molecular formula is C11H24S4. The molecule has 0 N–H and O–H groups in total. The van der Waals surface area contributed by atoms with E-state index in [1.165, 1.54) is 19.3 Å². The minimum absolute atomic E-state index is 0.508. The highest BCUT2D eigenvalue weighted by atomic mass is 32.2. The average molecular weight is 285 g/mol. The number of thioether (sulfide) groups is 2. The second kappa shape index (κ2) is 10.5. The molecule has 0 heterocycles. The van der Waals surface area contributed by atoms with Crippen molar-refractivity contribution in [1.29, 1.82) is 0 Å². The zero-order valence-electron chi connectivity index (χ0n) is 9.98. The lowest BCUT2D eigenvalue weighted by Gasteiger charge is -2.17. The molecule has 0 aliphatic carbocycles. The Morgan fingerprint density at radius 3 is 1.80 bits per heavy atom. The van der Waals surface area contributed by atoms with Crippen molar-refractivity contribution in [2.24, 2.45) is 0 Å². The molecule has 2 atom stereocenters. The van der Waals surface area contributed by atoms with Gasteiger partial charge in [0.05, 0.1) is 4.58 Å². The van der Waals surface area contributed by atoms with Crippen molar-refractivity contribution in [1.82, 2.24) is 0 Å². The molecule has 0 aliphatic heterocycles. The van der Waals surface area contributed by atoms with E-state index in [4.69, 9.17) is 0 Å². The van der Waals surface area contributed by atoms with Gasteiger partial charge in [-0.05, 0) is 6.42 Å². The first-order valence-corrected chi connectivity index (χ1v) is 8.78. The molecule has 0 aliphatic rings. The Balaban J connectivity index is 3.73. The predicted octanol–water partition coefficient (Wildman–Crippen LogP) is 4.61. The van der Waals surface area contributed by atoms with Gasteiger partial charge in [-0.1, -0.05) is 33.6 Å². The zero-order chi connectivity index (χ0) is 11.7. The molecule has 0 rings (SSSR count). The minimum Gasteiger partial charge on any atom is -0.175 e. The second-order valence-corrected chi connectivity index (χ2v) is 8.47. The molecule has 0 spiro atoms. The summed E-state index contributed by atoms with van der Waals surface area (Å²) >= 11 is 13.0. The monoisotopic (exact) mass is 284 g/mol. The Kier molecular flexibility index (Phi) is 11.5. The quantitative estimate of drug-likeness (QED) is 0.469. The normalized spacial score (nSPS) is 17.4. The largest absolute Gasteiger partial charge is 0.175 e. The SMILES string of the molecule is CCCCC(SCC(C)S)SCC(C)S. The highest BCUT2D eigenvalue weighted by molar-refractivity contribution is 8.17. The maximum atomic E-state index is 4.43. The van der Waals surface area contributed by atoms with E-state index in [2.05, 4.69) is 69.6 Å². The van der Waals surface area contributed by atoms with Crippen LogP contribution in [0.2, 0.25) is 0 Å². The molecule has 0 fully saturated rings. The fraction of sp³-hybridized carbons (Fsp3) is 1.00. The maximum absolute atomic E-state index is 4.43. The third-order valence-corrected chi connectivity index (χ3v) is 6.12. The average Bonchev–Trinajstić information content (AvgIpc) is 2.16. The van der Waals surface area contributed by atoms with Crippen molar-refractivity contribution < 1.29 is 0 Å². The summed E-state index contributed by atoms with van der Waals surface area (Å²) in [6.07, 6.45) is 3.96. The van der Waals surface area contributed by atoms with Crippen molar-refractivity contribution >= 4 is 48.8 Å². The Bertz CT molecular complexity index is 125. The molecule has 92 valence electrons. The van der Waals surface area contributed by atoms with E-state index in [1.807, 2.05) is 0 Å². The first kappa shape index (κ1) is 16.4. The molecule has 0 aromatic rings. The minimum atomic E-state index is 0.508. The number of unbranched alkanes of at least 4 members (excludes halogenated alkanes) is 1. The molecule has 0 radical (unpaired) electrons. The molecule has 0 aromatic carbocycles. The van der Waals surface area contributed by atoms with Crippen LogP contribution in [-0.4, -0.2) is 26.6 Å². The molecule has 0 saturated carbocycles. The van der Waals surface area contributed by atoms with Gasteiger partial charge in [-0.2, -0.15) is 25.3 Å². The van der Waals surface area contributed by atoms with Crippen LogP contribution < -0.4 is 0 Å². The van der Waals surface area contributed by atoms with Crippen LogP contribution >= 0.6 is 48.8 Å². The van der Waals surface area contributed by atoms with Crippen LogP contribution in [0, 0.1) is 0 Å². The summed E-state index contributed by atoms with van der Waals surface area (Å²) in [5.74, 6) is 2.32. The van der Waals surface area contributed by atoms with Crippen LogP contribution in [0.5, 0.6) is 0 Å². The molecule has 0 amide bonds. The molecule has 0 aromatic heterocycles. The van der Waals surface area contributed by atoms with Crippen molar-refractivity contribution in [2.75, 3.05) is 11.5 Å². The molecule has 4 heteroatoms. The summed E-state index contributed by atoms with van der Waals surface area (Å²) in [6, 6.07) is 0. The number of rotatable bonds is 9. The summed E-state index contributed by atoms with van der Waals surface area (Å²) in [5.41, 5.74) is 0. The van der Waals surface area contributed by atoms with Crippen LogP contribution in [0.25, 0.3) is 0 Å². The summed E-state index contributed by atoms with van der Waals surface area (Å²) in [7, 11) is 0. The van der Waals surface area contributed by atoms with Gasteiger partial charge in [0.25, 0.3) is 0 Å². The van der Waals surface area contributed by atoms with E-state index in [1.54, 1.807) is 0 Å². The highest BCUT2D eigenvalue weighted by Gasteiger charge is 2.11. The molecule has 2 unspecified atom stereocenters. The Morgan fingerprint density at radius 1 is 1.00 bits per heavy atom. The summed E-state index contributed by atoms with van der Waals surface area (Å²) in [5, 5.41) is 1.02. The smallest absolute Gasteiger partial charge is 0.0503 e. The Morgan fingerprint density at radius 2 is 1.47 bits per heavy atom. The first-order chi connectivity index (χ1) is 7.06. The topological polar surface area (TPSA) is 0 Å². The molecule has 0 bridgehead atoms. The van der Waals surface area contributed by atoms with Gasteiger partial charge in [0.2, 0.25) is 0 Å². The van der Waals surface area contributed by atoms with Gasteiger partial charge in [-0.25, -0.2) is 0 Å². The van der Waals surface area contributed by atoms with Crippen molar-refractivity contribution in [3.8, 4) is 0 Å². The standard InChI is InChI=1S/C11H24S4/c1-4-5-6-11(14-7-9(2)12)15-8-10(3)13/h9-13H,4-8H2,1-3H3. The second-order valence-electron chi connectivity index (χ2n) is 3.94. The molecule has 0 saturated heterocycles. The van der Waals surface area contributed by atoms with Gasteiger partial charge in [0, 0.05) is 22.0 Å². The van der Waals surface area contributed by atoms with Crippen molar-refractivity contribution in [3.05, 3.63) is 0 Å². The fourth-order valence-electron chi connectivity index (χ4n) is 1.08. The van der Waals surface area contributed by atoms with Crippen LogP contribution in [0.4, 0.5) is 0 Å². The molecule has 15 heavy (non-hydrogen) atoms. The van der Waals surface area contributed by atoms with Crippen LogP contribution in [-0.2, 0) is 0 Å². The van der Waals surface area contributed by atoms with Gasteiger partial charge in [-0.3, -0.25) is 0 Å². The third-order valence-electron chi connectivity index (χ3n) is 1.84. The van der Waals surface area contributed by atoms with Gasteiger partial charge < -0.3 is 0 Å². The van der Waals surface area contributed by atoms with Crippen LogP contribution in [0.3, 0.4) is 0 Å². The van der Waals surface area contributed by atoms with E-state index in [-0.39, 0.29) is 0 Å². The number of hydrogen-bond acceptors (Lipinski definition) is 4. The van der Waals surface area contributed by atoms with E-state index in [9.17, 15) is 0 Å². The van der Waals surface area contributed by atoms with Gasteiger partial charge in [-0.15, -0.1) is 23.5 Å². The van der Waals surface area contributed by atoms with E-state index >= 15 is 0 Å². The van der Waals surface area contributed by atoms with Crippen LogP contribution in [0.1, 0.15) is 40.0 Å². The van der Waals surface area contributed by atoms with Crippen molar-refractivity contribution in [3.63, 3.8) is 0 Å². The molecular weight excluding hydrogens is 260 g/mol. The Labute approximate surface area is 115 Å². The third kappa shape index (κ3) is 11.7. The van der Waals surface area contributed by atoms with Crippen molar-refractivity contribution in [2.45, 2.75) is 55.1 Å². The first-order valence-electron chi connectivity index (χ1n) is 5.65.